The number of benzene rings is 1. The molecule has 0 radical (unpaired) electrons. The fourth-order valence-corrected chi connectivity index (χ4v) is 2.38. The van der Waals surface area contributed by atoms with E-state index < -0.39 is 17.3 Å². The summed E-state index contributed by atoms with van der Waals surface area (Å²) in [5, 5.41) is 0.157. The summed E-state index contributed by atoms with van der Waals surface area (Å²) in [7, 11) is 0. The van der Waals surface area contributed by atoms with Crippen molar-refractivity contribution in [3.8, 4) is 0 Å². The van der Waals surface area contributed by atoms with Crippen LogP contribution < -0.4 is 5.73 Å². The Labute approximate surface area is 115 Å². The molecule has 0 saturated heterocycles. The first-order valence-corrected chi connectivity index (χ1v) is 6.33. The maximum absolute atomic E-state index is 13.2. The van der Waals surface area contributed by atoms with Gasteiger partial charge in [-0.3, -0.25) is 4.98 Å². The van der Waals surface area contributed by atoms with Crippen molar-refractivity contribution in [2.45, 2.75) is 38.9 Å². The molecule has 0 bridgehead atoms. The number of fused-ring (bicyclic) bond motifs is 1. The predicted octanol–water partition coefficient (Wildman–Crippen LogP) is 3.84. The molecule has 2 nitrogen and oxygen atoms in total. The molecule has 0 aliphatic carbocycles. The van der Waals surface area contributed by atoms with Gasteiger partial charge in [-0.2, -0.15) is 13.2 Å². The number of nitrogens with zero attached hydrogens (tertiary/aromatic N) is 1. The maximum Gasteiger partial charge on any atom is 0.417 e. The van der Waals surface area contributed by atoms with Gasteiger partial charge in [0.05, 0.1) is 11.1 Å². The number of rotatable bonds is 2. The molecular weight excluding hydrogens is 265 g/mol. The minimum atomic E-state index is -4.40. The van der Waals surface area contributed by atoms with Crippen molar-refractivity contribution in [2.75, 3.05) is 0 Å². The van der Waals surface area contributed by atoms with Gasteiger partial charge in [0, 0.05) is 16.6 Å². The van der Waals surface area contributed by atoms with E-state index in [1.165, 1.54) is 6.07 Å². The third kappa shape index (κ3) is 3.10. The molecule has 5 heteroatoms. The van der Waals surface area contributed by atoms with Crippen LogP contribution in [0.4, 0.5) is 13.2 Å². The Morgan fingerprint density at radius 1 is 1.20 bits per heavy atom. The molecule has 20 heavy (non-hydrogen) atoms. The van der Waals surface area contributed by atoms with E-state index in [2.05, 4.69) is 4.98 Å². The minimum Gasteiger partial charge on any atom is -0.325 e. The van der Waals surface area contributed by atoms with Crippen LogP contribution in [-0.2, 0) is 12.6 Å². The topological polar surface area (TPSA) is 38.9 Å². The van der Waals surface area contributed by atoms with E-state index in [1.807, 2.05) is 0 Å². The molecule has 0 amide bonds. The maximum atomic E-state index is 13.2. The van der Waals surface area contributed by atoms with Gasteiger partial charge in [0.2, 0.25) is 0 Å². The average Bonchev–Trinajstić information content (AvgIpc) is 2.24. The Hall–Kier alpha value is -1.62. The van der Waals surface area contributed by atoms with E-state index in [9.17, 15) is 13.2 Å². The highest BCUT2D eigenvalue weighted by Crippen LogP contribution is 2.36. The highest BCUT2D eigenvalue weighted by Gasteiger charge is 2.33. The summed E-state index contributed by atoms with van der Waals surface area (Å²) in [6.07, 6.45) is -4.04. The van der Waals surface area contributed by atoms with Gasteiger partial charge in [0.25, 0.3) is 0 Å². The molecule has 2 aromatic rings. The minimum absolute atomic E-state index is 0.157. The van der Waals surface area contributed by atoms with Crippen LogP contribution in [0, 0.1) is 6.92 Å². The van der Waals surface area contributed by atoms with Crippen LogP contribution in [0.2, 0.25) is 0 Å². The zero-order chi connectivity index (χ0) is 15.1. The van der Waals surface area contributed by atoms with Crippen molar-refractivity contribution < 1.29 is 13.2 Å². The van der Waals surface area contributed by atoms with Crippen molar-refractivity contribution >= 4 is 10.9 Å². The van der Waals surface area contributed by atoms with Crippen LogP contribution in [0.25, 0.3) is 10.9 Å². The number of alkyl halides is 3. The van der Waals surface area contributed by atoms with Gasteiger partial charge in [-0.15, -0.1) is 0 Å². The number of aryl methyl sites for hydroxylation is 1. The van der Waals surface area contributed by atoms with Gasteiger partial charge in [0.1, 0.15) is 0 Å². The number of pyridine rings is 1. The van der Waals surface area contributed by atoms with E-state index >= 15 is 0 Å². The summed E-state index contributed by atoms with van der Waals surface area (Å²) in [4.78, 5) is 4.20. The zero-order valence-corrected chi connectivity index (χ0v) is 11.7. The van der Waals surface area contributed by atoms with Crippen LogP contribution in [0.15, 0.2) is 24.3 Å². The summed E-state index contributed by atoms with van der Waals surface area (Å²) >= 11 is 0. The molecule has 0 saturated carbocycles. The molecule has 0 aliphatic heterocycles. The Morgan fingerprint density at radius 2 is 1.85 bits per heavy atom. The molecule has 2 N–H and O–H groups in total. The predicted molar refractivity (Wildman–Crippen MR) is 73.5 cm³/mol. The first-order chi connectivity index (χ1) is 9.08. The van der Waals surface area contributed by atoms with Gasteiger partial charge in [-0.05, 0) is 51.0 Å². The summed E-state index contributed by atoms with van der Waals surface area (Å²) in [5.74, 6) is 0. The van der Waals surface area contributed by atoms with Gasteiger partial charge >= 0.3 is 6.18 Å². The number of hydrogen-bond acceptors (Lipinski definition) is 2. The van der Waals surface area contributed by atoms with Crippen molar-refractivity contribution in [3.63, 3.8) is 0 Å². The van der Waals surface area contributed by atoms with Crippen molar-refractivity contribution in [2.24, 2.45) is 5.73 Å². The zero-order valence-electron chi connectivity index (χ0n) is 11.7. The van der Waals surface area contributed by atoms with E-state index in [4.69, 9.17) is 5.73 Å². The quantitative estimate of drug-likeness (QED) is 0.909. The third-order valence-electron chi connectivity index (χ3n) is 2.99. The standard InChI is InChI=1S/C15H17F3N2/c1-9-7-10(8-14(2,3)19)13-11(15(16,17)18)5-4-6-12(13)20-9/h4-7H,8,19H2,1-3H3. The second-order valence-corrected chi connectivity index (χ2v) is 5.79. The van der Waals surface area contributed by atoms with Crippen LogP contribution in [0.5, 0.6) is 0 Å². The largest absolute Gasteiger partial charge is 0.417 e. The lowest BCUT2D eigenvalue weighted by Crippen LogP contribution is -2.34. The molecule has 2 rings (SSSR count). The van der Waals surface area contributed by atoms with E-state index in [0.717, 1.165) is 6.07 Å². The lowest BCUT2D eigenvalue weighted by atomic mass is 9.91. The molecule has 0 atom stereocenters. The lowest BCUT2D eigenvalue weighted by Gasteiger charge is -2.21. The van der Waals surface area contributed by atoms with Gasteiger partial charge in [-0.25, -0.2) is 0 Å². The molecule has 0 aliphatic rings. The normalized spacial score (nSPS) is 12.9. The Balaban J connectivity index is 2.78. The van der Waals surface area contributed by atoms with Gasteiger partial charge in [-0.1, -0.05) is 6.07 Å². The smallest absolute Gasteiger partial charge is 0.325 e. The molecule has 0 unspecified atom stereocenters. The second-order valence-electron chi connectivity index (χ2n) is 5.79. The summed E-state index contributed by atoms with van der Waals surface area (Å²) in [6.45, 7) is 5.36. The highest BCUT2D eigenvalue weighted by atomic mass is 19.4. The van der Waals surface area contributed by atoms with Crippen molar-refractivity contribution in [3.05, 3.63) is 41.1 Å². The Bertz CT molecular complexity index is 640. The van der Waals surface area contributed by atoms with Crippen molar-refractivity contribution in [1.82, 2.24) is 4.98 Å². The van der Waals surface area contributed by atoms with Crippen LogP contribution in [0.1, 0.15) is 30.7 Å². The van der Waals surface area contributed by atoms with Crippen LogP contribution in [-0.4, -0.2) is 10.5 Å². The Kier molecular flexibility index (Phi) is 3.50. The Morgan fingerprint density at radius 3 is 2.40 bits per heavy atom. The summed E-state index contributed by atoms with van der Waals surface area (Å²) in [5.41, 5.74) is 6.37. The number of aromatic nitrogens is 1. The molecule has 1 aromatic heterocycles. The van der Waals surface area contributed by atoms with Crippen LogP contribution in [0.3, 0.4) is 0 Å². The summed E-state index contributed by atoms with van der Waals surface area (Å²) < 4.78 is 39.5. The number of nitrogens with two attached hydrogens (primary N) is 1. The molecular formula is C15H17F3N2. The van der Waals surface area contributed by atoms with Crippen molar-refractivity contribution in [1.29, 1.82) is 0 Å². The van der Waals surface area contributed by atoms with E-state index in [1.54, 1.807) is 32.9 Å². The lowest BCUT2D eigenvalue weighted by molar-refractivity contribution is -0.136. The third-order valence-corrected chi connectivity index (χ3v) is 2.99. The molecule has 108 valence electrons. The first-order valence-electron chi connectivity index (χ1n) is 6.33. The monoisotopic (exact) mass is 282 g/mol. The highest BCUT2D eigenvalue weighted by molar-refractivity contribution is 5.86. The fourth-order valence-electron chi connectivity index (χ4n) is 2.38. The molecule has 1 aromatic carbocycles. The van der Waals surface area contributed by atoms with E-state index in [0.29, 0.717) is 23.2 Å². The van der Waals surface area contributed by atoms with Gasteiger partial charge in [0.15, 0.2) is 0 Å². The van der Waals surface area contributed by atoms with Crippen LogP contribution >= 0.6 is 0 Å². The molecule has 0 spiro atoms. The number of hydrogen-bond donors (Lipinski definition) is 1. The summed E-state index contributed by atoms with van der Waals surface area (Å²) in [6, 6.07) is 5.76. The fraction of sp³-hybridized carbons (Fsp3) is 0.400. The average molecular weight is 282 g/mol. The number of halogens is 3. The van der Waals surface area contributed by atoms with Gasteiger partial charge < -0.3 is 5.73 Å². The SMILES string of the molecule is Cc1cc(CC(C)(C)N)c2c(C(F)(F)F)cccc2n1. The first kappa shape index (κ1) is 14.8. The molecule has 1 heterocycles. The second kappa shape index (κ2) is 4.74. The van der Waals surface area contributed by atoms with E-state index in [-0.39, 0.29) is 5.39 Å². The molecule has 0 fully saturated rings.